The molecule has 2 bridgehead atoms. The summed E-state index contributed by atoms with van der Waals surface area (Å²) in [5.74, 6) is 6.09. The molecule has 0 aromatic heterocycles. The first kappa shape index (κ1) is 10.9. The molecule has 3 heteroatoms. The normalized spacial score (nSPS) is 39.3. The molecular formula is C12H19NO2. The second-order valence-corrected chi connectivity index (χ2v) is 4.61. The zero-order chi connectivity index (χ0) is 10.7. The smallest absolute Gasteiger partial charge is 0.0787 e. The monoisotopic (exact) mass is 209 g/mol. The third-order valence-electron chi connectivity index (χ3n) is 3.08. The zero-order valence-electron chi connectivity index (χ0n) is 9.25. The van der Waals surface area contributed by atoms with Crippen LogP contribution in [-0.2, 0) is 4.74 Å². The fourth-order valence-corrected chi connectivity index (χ4v) is 2.51. The second kappa shape index (κ2) is 4.52. The molecule has 2 heterocycles. The molecule has 0 spiro atoms. The van der Waals surface area contributed by atoms with E-state index in [0.717, 1.165) is 32.5 Å². The van der Waals surface area contributed by atoms with E-state index in [2.05, 4.69) is 17.2 Å². The minimum atomic E-state index is -0.591. The molecule has 2 aliphatic heterocycles. The maximum Gasteiger partial charge on any atom is 0.0787 e. The standard InChI is InChI=1S/C12H19NO2/c1-2-3-4-5-12(14)6-10-8-15-9-11(7-12)13-10/h10-11,13-14H,2,5-9H2,1H3. The molecule has 0 radical (unpaired) electrons. The lowest BCUT2D eigenvalue weighted by atomic mass is 9.81. The van der Waals surface area contributed by atoms with Crippen molar-refractivity contribution in [3.05, 3.63) is 0 Å². The molecule has 2 rings (SSSR count). The number of nitrogens with one attached hydrogen (secondary N) is 1. The van der Waals surface area contributed by atoms with Gasteiger partial charge in [0.25, 0.3) is 0 Å². The first-order valence-corrected chi connectivity index (χ1v) is 5.74. The summed E-state index contributed by atoms with van der Waals surface area (Å²) in [4.78, 5) is 0. The van der Waals surface area contributed by atoms with Crippen molar-refractivity contribution in [2.24, 2.45) is 0 Å². The van der Waals surface area contributed by atoms with E-state index in [1.54, 1.807) is 0 Å². The van der Waals surface area contributed by atoms with Gasteiger partial charge < -0.3 is 15.2 Å². The Labute approximate surface area is 91.2 Å². The number of fused-ring (bicyclic) bond motifs is 2. The molecule has 2 aliphatic rings. The summed E-state index contributed by atoms with van der Waals surface area (Å²) < 4.78 is 5.45. The van der Waals surface area contributed by atoms with Gasteiger partial charge in [0.2, 0.25) is 0 Å². The van der Waals surface area contributed by atoms with E-state index in [0.29, 0.717) is 18.5 Å². The number of aliphatic hydroxyl groups is 1. The highest BCUT2D eigenvalue weighted by Gasteiger charge is 2.40. The van der Waals surface area contributed by atoms with E-state index in [1.165, 1.54) is 0 Å². The van der Waals surface area contributed by atoms with Crippen molar-refractivity contribution >= 4 is 0 Å². The number of piperidine rings is 1. The summed E-state index contributed by atoms with van der Waals surface area (Å²) in [6.07, 6.45) is 3.00. The Morgan fingerprint density at radius 1 is 1.33 bits per heavy atom. The van der Waals surface area contributed by atoms with Crippen molar-refractivity contribution < 1.29 is 9.84 Å². The van der Waals surface area contributed by atoms with Crippen molar-refractivity contribution in [1.82, 2.24) is 5.32 Å². The molecule has 2 saturated heterocycles. The van der Waals surface area contributed by atoms with E-state index in [1.807, 2.05) is 6.92 Å². The van der Waals surface area contributed by atoms with Crippen molar-refractivity contribution in [2.45, 2.75) is 50.3 Å². The molecular weight excluding hydrogens is 190 g/mol. The third kappa shape index (κ3) is 2.72. The van der Waals surface area contributed by atoms with E-state index < -0.39 is 5.60 Å². The van der Waals surface area contributed by atoms with Gasteiger partial charge in [-0.25, -0.2) is 0 Å². The fourth-order valence-electron chi connectivity index (χ4n) is 2.51. The van der Waals surface area contributed by atoms with E-state index in [9.17, 15) is 5.11 Å². The molecule has 3 nitrogen and oxygen atoms in total. The highest BCUT2D eigenvalue weighted by Crippen LogP contribution is 2.30. The Balaban J connectivity index is 1.96. The Morgan fingerprint density at radius 3 is 2.60 bits per heavy atom. The highest BCUT2D eigenvalue weighted by molar-refractivity contribution is 5.07. The van der Waals surface area contributed by atoms with Crippen LogP contribution in [-0.4, -0.2) is 36.0 Å². The number of rotatable bonds is 1. The third-order valence-corrected chi connectivity index (χ3v) is 3.08. The summed E-state index contributed by atoms with van der Waals surface area (Å²) in [5.41, 5.74) is -0.591. The van der Waals surface area contributed by atoms with Gasteiger partial charge in [-0.2, -0.15) is 0 Å². The average Bonchev–Trinajstić information content (AvgIpc) is 2.17. The van der Waals surface area contributed by atoms with Crippen LogP contribution in [0, 0.1) is 11.8 Å². The summed E-state index contributed by atoms with van der Waals surface area (Å²) in [7, 11) is 0. The molecule has 2 N–H and O–H groups in total. The van der Waals surface area contributed by atoms with Gasteiger partial charge in [0, 0.05) is 24.9 Å². The van der Waals surface area contributed by atoms with Crippen LogP contribution in [0.2, 0.25) is 0 Å². The minimum Gasteiger partial charge on any atom is -0.389 e. The topological polar surface area (TPSA) is 41.5 Å². The molecule has 84 valence electrons. The summed E-state index contributed by atoms with van der Waals surface area (Å²) in [6.45, 7) is 3.47. The van der Waals surface area contributed by atoms with Crippen LogP contribution < -0.4 is 5.32 Å². The number of hydrogen-bond donors (Lipinski definition) is 2. The van der Waals surface area contributed by atoms with Gasteiger partial charge in [-0.15, -0.1) is 11.8 Å². The van der Waals surface area contributed by atoms with Crippen LogP contribution in [0.15, 0.2) is 0 Å². The molecule has 2 fully saturated rings. The lowest BCUT2D eigenvalue weighted by molar-refractivity contribution is -0.0732. The van der Waals surface area contributed by atoms with Crippen LogP contribution in [0.25, 0.3) is 0 Å². The van der Waals surface area contributed by atoms with E-state index >= 15 is 0 Å². The molecule has 0 aromatic rings. The Kier molecular flexibility index (Phi) is 3.30. The van der Waals surface area contributed by atoms with Crippen LogP contribution >= 0.6 is 0 Å². The Morgan fingerprint density at radius 2 is 2.00 bits per heavy atom. The van der Waals surface area contributed by atoms with Gasteiger partial charge in [-0.05, 0) is 12.8 Å². The van der Waals surface area contributed by atoms with E-state index in [-0.39, 0.29) is 0 Å². The fraction of sp³-hybridized carbons (Fsp3) is 0.833. The van der Waals surface area contributed by atoms with Gasteiger partial charge in [-0.3, -0.25) is 0 Å². The van der Waals surface area contributed by atoms with Crippen LogP contribution in [0.3, 0.4) is 0 Å². The second-order valence-electron chi connectivity index (χ2n) is 4.61. The summed E-state index contributed by atoms with van der Waals surface area (Å²) in [5, 5.41) is 13.9. The number of ether oxygens (including phenoxy) is 1. The van der Waals surface area contributed by atoms with Gasteiger partial charge in [0.1, 0.15) is 0 Å². The Bertz CT molecular complexity index is 267. The van der Waals surface area contributed by atoms with Crippen LogP contribution in [0.1, 0.15) is 32.6 Å². The number of hydrogen-bond acceptors (Lipinski definition) is 3. The molecule has 0 aromatic carbocycles. The average molecular weight is 209 g/mol. The quantitative estimate of drug-likeness (QED) is 0.624. The maximum atomic E-state index is 10.4. The summed E-state index contributed by atoms with van der Waals surface area (Å²) in [6, 6.07) is 0.622. The predicted octanol–water partition coefficient (Wildman–Crippen LogP) is 0.672. The Hall–Kier alpha value is -0.560. The van der Waals surface area contributed by atoms with E-state index in [4.69, 9.17) is 4.74 Å². The van der Waals surface area contributed by atoms with Crippen LogP contribution in [0.4, 0.5) is 0 Å². The molecule has 15 heavy (non-hydrogen) atoms. The highest BCUT2D eigenvalue weighted by atomic mass is 16.5. The van der Waals surface area contributed by atoms with Gasteiger partial charge in [0.05, 0.1) is 18.8 Å². The molecule has 0 aliphatic carbocycles. The lowest BCUT2D eigenvalue weighted by Crippen LogP contribution is -2.59. The van der Waals surface area contributed by atoms with Crippen LogP contribution in [0.5, 0.6) is 0 Å². The number of morpholine rings is 1. The first-order chi connectivity index (χ1) is 7.22. The SMILES string of the molecule is CCC#CCC1(O)CC2COCC(C1)N2. The zero-order valence-corrected chi connectivity index (χ0v) is 9.25. The minimum absolute atomic E-state index is 0.311. The largest absolute Gasteiger partial charge is 0.389 e. The van der Waals surface area contributed by atoms with Gasteiger partial charge >= 0.3 is 0 Å². The van der Waals surface area contributed by atoms with Crippen molar-refractivity contribution in [1.29, 1.82) is 0 Å². The molecule has 2 unspecified atom stereocenters. The molecule has 0 saturated carbocycles. The molecule has 0 amide bonds. The first-order valence-electron chi connectivity index (χ1n) is 5.74. The van der Waals surface area contributed by atoms with Crippen molar-refractivity contribution in [3.63, 3.8) is 0 Å². The maximum absolute atomic E-state index is 10.4. The molecule has 2 atom stereocenters. The summed E-state index contributed by atoms with van der Waals surface area (Å²) >= 11 is 0. The van der Waals surface area contributed by atoms with Gasteiger partial charge in [0.15, 0.2) is 0 Å². The van der Waals surface area contributed by atoms with Gasteiger partial charge in [-0.1, -0.05) is 6.92 Å². The van der Waals surface area contributed by atoms with Crippen molar-refractivity contribution in [3.8, 4) is 11.8 Å². The van der Waals surface area contributed by atoms with Crippen molar-refractivity contribution in [2.75, 3.05) is 13.2 Å². The predicted molar refractivity (Wildman–Crippen MR) is 58.4 cm³/mol. The lowest BCUT2D eigenvalue weighted by Gasteiger charge is -2.44.